The number of hydrogen-bond donors (Lipinski definition) is 0. The van der Waals surface area contributed by atoms with E-state index in [1.807, 2.05) is 0 Å². The van der Waals surface area contributed by atoms with Gasteiger partial charge in [0.2, 0.25) is 0 Å². The molecule has 0 spiro atoms. The lowest BCUT2D eigenvalue weighted by atomic mass is 10.2. The molecular formula is C7H3FIO2-. The number of halogens is 2. The van der Waals surface area contributed by atoms with Crippen molar-refractivity contribution in [3.63, 3.8) is 0 Å². The molecule has 58 valence electrons. The van der Waals surface area contributed by atoms with Gasteiger partial charge in [-0.1, -0.05) is 6.07 Å². The molecule has 2 nitrogen and oxygen atoms in total. The second kappa shape index (κ2) is 3.17. The molecule has 0 aliphatic rings. The van der Waals surface area contributed by atoms with Gasteiger partial charge in [-0.3, -0.25) is 0 Å². The fourth-order valence-corrected chi connectivity index (χ4v) is 1.38. The molecule has 0 unspecified atom stereocenters. The van der Waals surface area contributed by atoms with Crippen LogP contribution in [0, 0.1) is 9.39 Å². The number of carboxylic acids is 1. The third kappa shape index (κ3) is 1.68. The minimum atomic E-state index is -1.48. The Morgan fingerprint density at radius 2 is 2.18 bits per heavy atom. The summed E-state index contributed by atoms with van der Waals surface area (Å²) < 4.78 is 13.0. The average Bonchev–Trinajstić information content (AvgIpc) is 1.85. The van der Waals surface area contributed by atoms with Crippen LogP contribution in [-0.4, -0.2) is 5.97 Å². The van der Waals surface area contributed by atoms with Crippen LogP contribution < -0.4 is 5.11 Å². The second-order valence-corrected chi connectivity index (χ2v) is 3.05. The van der Waals surface area contributed by atoms with Crippen molar-refractivity contribution in [1.82, 2.24) is 0 Å². The fraction of sp³-hybridized carbons (Fsp3) is 0. The lowest BCUT2D eigenvalue weighted by Gasteiger charge is -2.05. The van der Waals surface area contributed by atoms with Crippen molar-refractivity contribution in [2.75, 3.05) is 0 Å². The van der Waals surface area contributed by atoms with Crippen LogP contribution in [0.2, 0.25) is 0 Å². The highest BCUT2D eigenvalue weighted by Crippen LogP contribution is 2.14. The molecule has 0 amide bonds. The topological polar surface area (TPSA) is 40.1 Å². The zero-order chi connectivity index (χ0) is 8.43. The molecule has 0 N–H and O–H groups in total. The summed E-state index contributed by atoms with van der Waals surface area (Å²) in [5, 5.41) is 10.3. The van der Waals surface area contributed by atoms with E-state index in [2.05, 4.69) is 0 Å². The molecule has 1 aromatic rings. The van der Waals surface area contributed by atoms with Crippen LogP contribution in [0.4, 0.5) is 4.39 Å². The van der Waals surface area contributed by atoms with E-state index in [0.717, 1.165) is 6.07 Å². The van der Waals surface area contributed by atoms with Gasteiger partial charge in [-0.05, 0) is 34.7 Å². The highest BCUT2D eigenvalue weighted by molar-refractivity contribution is 14.1. The molecule has 0 heterocycles. The molecule has 11 heavy (non-hydrogen) atoms. The lowest BCUT2D eigenvalue weighted by Crippen LogP contribution is -2.24. The van der Waals surface area contributed by atoms with Crippen molar-refractivity contribution in [2.45, 2.75) is 0 Å². The van der Waals surface area contributed by atoms with E-state index in [-0.39, 0.29) is 5.56 Å². The number of rotatable bonds is 1. The minimum Gasteiger partial charge on any atom is -0.545 e. The molecule has 0 aliphatic heterocycles. The first-order chi connectivity index (χ1) is 5.13. The minimum absolute atomic E-state index is 0.350. The summed E-state index contributed by atoms with van der Waals surface area (Å²) in [6.45, 7) is 0. The maximum absolute atomic E-state index is 12.7. The Labute approximate surface area is 76.2 Å². The molecule has 0 bridgehead atoms. The van der Waals surface area contributed by atoms with Gasteiger partial charge in [0, 0.05) is 9.13 Å². The lowest BCUT2D eigenvalue weighted by molar-refractivity contribution is -0.255. The number of carbonyl (C=O) groups is 1. The molecular weight excluding hydrogens is 262 g/mol. The summed E-state index contributed by atoms with van der Waals surface area (Å²) in [5.74, 6) is -2.23. The Hall–Kier alpha value is -0.650. The van der Waals surface area contributed by atoms with Crippen LogP contribution in [0.5, 0.6) is 0 Å². The normalized spacial score (nSPS) is 9.64. The molecule has 0 aliphatic carbocycles. The van der Waals surface area contributed by atoms with Crippen LogP contribution in [0.15, 0.2) is 18.2 Å². The molecule has 0 atom stereocenters. The van der Waals surface area contributed by atoms with Gasteiger partial charge >= 0.3 is 0 Å². The third-order valence-electron chi connectivity index (χ3n) is 1.17. The monoisotopic (exact) mass is 265 g/mol. The van der Waals surface area contributed by atoms with E-state index >= 15 is 0 Å². The van der Waals surface area contributed by atoms with Crippen molar-refractivity contribution >= 4 is 28.6 Å². The average molecular weight is 265 g/mol. The molecule has 0 fully saturated rings. The van der Waals surface area contributed by atoms with Crippen LogP contribution in [0.1, 0.15) is 10.4 Å². The van der Waals surface area contributed by atoms with Crippen molar-refractivity contribution in [2.24, 2.45) is 0 Å². The maximum atomic E-state index is 12.7. The Morgan fingerprint density at radius 3 is 2.55 bits per heavy atom. The summed E-state index contributed by atoms with van der Waals surface area (Å²) in [7, 11) is 0. The van der Waals surface area contributed by atoms with E-state index in [9.17, 15) is 14.3 Å². The van der Waals surface area contributed by atoms with Gasteiger partial charge in [0.05, 0.1) is 5.97 Å². The van der Waals surface area contributed by atoms with Gasteiger partial charge in [0.25, 0.3) is 0 Å². The second-order valence-electron chi connectivity index (χ2n) is 1.88. The molecule has 0 saturated heterocycles. The van der Waals surface area contributed by atoms with Crippen LogP contribution in [0.25, 0.3) is 0 Å². The largest absolute Gasteiger partial charge is 0.545 e. The first kappa shape index (κ1) is 8.45. The fourth-order valence-electron chi connectivity index (χ4n) is 0.693. The Kier molecular flexibility index (Phi) is 2.43. The first-order valence-corrected chi connectivity index (χ1v) is 3.86. The summed E-state index contributed by atoms with van der Waals surface area (Å²) >= 11 is 1.74. The van der Waals surface area contributed by atoms with Gasteiger partial charge < -0.3 is 9.90 Å². The smallest absolute Gasteiger partial charge is 0.133 e. The van der Waals surface area contributed by atoms with Crippen molar-refractivity contribution < 1.29 is 14.3 Å². The Morgan fingerprint density at radius 1 is 1.55 bits per heavy atom. The highest BCUT2D eigenvalue weighted by atomic mass is 127. The molecule has 1 aromatic carbocycles. The number of benzene rings is 1. The SMILES string of the molecule is O=C([O-])c1c(F)cccc1I. The Bertz CT molecular complexity index is 278. The first-order valence-electron chi connectivity index (χ1n) is 2.78. The van der Waals surface area contributed by atoms with Crippen molar-refractivity contribution in [3.05, 3.63) is 33.1 Å². The standard InChI is InChI=1S/C7H4FIO2/c8-4-2-1-3-5(9)6(4)7(10)11/h1-3H,(H,10,11)/p-1. The van der Waals surface area contributed by atoms with Gasteiger partial charge in [-0.25, -0.2) is 4.39 Å². The molecule has 4 heteroatoms. The molecule has 0 saturated carbocycles. The summed E-state index contributed by atoms with van der Waals surface area (Å²) in [4.78, 5) is 10.3. The predicted molar refractivity (Wildman–Crippen MR) is 43.4 cm³/mol. The van der Waals surface area contributed by atoms with Gasteiger partial charge in [0.15, 0.2) is 0 Å². The van der Waals surface area contributed by atoms with Crippen molar-refractivity contribution in [1.29, 1.82) is 0 Å². The van der Waals surface area contributed by atoms with E-state index in [0.29, 0.717) is 3.57 Å². The van der Waals surface area contributed by atoms with E-state index in [1.165, 1.54) is 12.1 Å². The van der Waals surface area contributed by atoms with Gasteiger partial charge in [-0.2, -0.15) is 0 Å². The molecule has 1 rings (SSSR count). The van der Waals surface area contributed by atoms with Crippen molar-refractivity contribution in [3.8, 4) is 0 Å². The van der Waals surface area contributed by atoms with Crippen LogP contribution in [0.3, 0.4) is 0 Å². The summed E-state index contributed by atoms with van der Waals surface area (Å²) in [6.07, 6.45) is 0. The highest BCUT2D eigenvalue weighted by Gasteiger charge is 2.05. The van der Waals surface area contributed by atoms with E-state index in [1.54, 1.807) is 22.6 Å². The number of carbonyl (C=O) groups excluding carboxylic acids is 1. The van der Waals surface area contributed by atoms with Crippen LogP contribution >= 0.6 is 22.6 Å². The van der Waals surface area contributed by atoms with E-state index < -0.39 is 11.8 Å². The van der Waals surface area contributed by atoms with Gasteiger partial charge in [-0.15, -0.1) is 0 Å². The zero-order valence-corrected chi connectivity index (χ0v) is 7.46. The number of aromatic carboxylic acids is 1. The molecule has 0 aromatic heterocycles. The number of hydrogen-bond acceptors (Lipinski definition) is 2. The third-order valence-corrected chi connectivity index (χ3v) is 2.07. The van der Waals surface area contributed by atoms with Gasteiger partial charge in [0.1, 0.15) is 5.82 Å². The Balaban J connectivity index is 3.32. The molecule has 0 radical (unpaired) electrons. The quantitative estimate of drug-likeness (QED) is 0.704. The van der Waals surface area contributed by atoms with Crippen LogP contribution in [-0.2, 0) is 0 Å². The summed E-state index contributed by atoms with van der Waals surface area (Å²) in [5.41, 5.74) is -0.367. The predicted octanol–water partition coefficient (Wildman–Crippen LogP) is 0.794. The van der Waals surface area contributed by atoms with E-state index in [4.69, 9.17) is 0 Å². The maximum Gasteiger partial charge on any atom is 0.133 e. The number of carboxylic acid groups (broad SMARTS) is 1. The zero-order valence-electron chi connectivity index (χ0n) is 5.30. The summed E-state index contributed by atoms with van der Waals surface area (Å²) in [6, 6.07) is 4.05.